The first kappa shape index (κ1) is 13.8. The molecule has 0 N–H and O–H groups in total. The number of ketones is 1. The predicted octanol–water partition coefficient (Wildman–Crippen LogP) is 4.46. The zero-order valence-electron chi connectivity index (χ0n) is 11.9. The molecule has 0 unspecified atom stereocenters. The van der Waals surface area contributed by atoms with Gasteiger partial charge in [-0.15, -0.1) is 0 Å². The molecule has 0 saturated heterocycles. The lowest BCUT2D eigenvalue weighted by Gasteiger charge is -2.09. The Balaban J connectivity index is 2.09. The molecule has 104 valence electrons. The summed E-state index contributed by atoms with van der Waals surface area (Å²) in [6, 6.07) is 26.2. The molecule has 0 fully saturated rings. The normalized spacial score (nSPS) is 9.95. The summed E-state index contributed by atoms with van der Waals surface area (Å²) in [4.78, 5) is 12.8. The Morgan fingerprint density at radius 1 is 0.818 bits per heavy atom. The molecule has 22 heavy (non-hydrogen) atoms. The van der Waals surface area contributed by atoms with Gasteiger partial charge in [0.05, 0.1) is 11.6 Å². The lowest BCUT2D eigenvalue weighted by atomic mass is 9.93. The van der Waals surface area contributed by atoms with Gasteiger partial charge in [-0.2, -0.15) is 5.26 Å². The van der Waals surface area contributed by atoms with Crippen LogP contribution in [0.2, 0.25) is 0 Å². The first-order valence-corrected chi connectivity index (χ1v) is 6.99. The van der Waals surface area contributed by atoms with E-state index < -0.39 is 0 Å². The highest BCUT2D eigenvalue weighted by Gasteiger charge is 2.14. The molecule has 0 bridgehead atoms. The van der Waals surface area contributed by atoms with E-state index >= 15 is 0 Å². The fraction of sp³-hybridized carbons (Fsp3) is 0. The second kappa shape index (κ2) is 6.07. The summed E-state index contributed by atoms with van der Waals surface area (Å²) in [5.74, 6) is -0.0726. The van der Waals surface area contributed by atoms with Crippen molar-refractivity contribution in [3.8, 4) is 17.2 Å². The third-order valence-electron chi connectivity index (χ3n) is 3.51. The summed E-state index contributed by atoms with van der Waals surface area (Å²) in [6.07, 6.45) is 0. The minimum atomic E-state index is -0.0726. The Hall–Kier alpha value is -3.18. The minimum Gasteiger partial charge on any atom is -0.289 e. The van der Waals surface area contributed by atoms with E-state index in [2.05, 4.69) is 6.07 Å². The summed E-state index contributed by atoms with van der Waals surface area (Å²) in [6.45, 7) is 0. The van der Waals surface area contributed by atoms with Gasteiger partial charge in [-0.25, -0.2) is 0 Å². The van der Waals surface area contributed by atoms with Crippen molar-refractivity contribution in [3.05, 3.63) is 95.6 Å². The molecule has 0 heterocycles. The average molecular weight is 283 g/mol. The van der Waals surface area contributed by atoms with Crippen LogP contribution in [0.4, 0.5) is 0 Å². The van der Waals surface area contributed by atoms with E-state index in [1.807, 2.05) is 54.6 Å². The number of nitrogens with zero attached hydrogens (tertiary/aromatic N) is 1. The molecular weight excluding hydrogens is 270 g/mol. The lowest BCUT2D eigenvalue weighted by molar-refractivity contribution is 0.103. The van der Waals surface area contributed by atoms with Crippen LogP contribution in [0.15, 0.2) is 78.9 Å². The monoisotopic (exact) mass is 283 g/mol. The average Bonchev–Trinajstić information content (AvgIpc) is 2.62. The molecule has 3 aromatic carbocycles. The molecule has 0 atom stereocenters. The fourth-order valence-electron chi connectivity index (χ4n) is 2.44. The quantitative estimate of drug-likeness (QED) is 0.666. The molecule has 0 amide bonds. The maximum Gasteiger partial charge on any atom is 0.193 e. The largest absolute Gasteiger partial charge is 0.289 e. The van der Waals surface area contributed by atoms with Crippen molar-refractivity contribution in [1.82, 2.24) is 0 Å². The van der Waals surface area contributed by atoms with Crippen molar-refractivity contribution in [1.29, 1.82) is 5.26 Å². The Labute approximate surface area is 129 Å². The van der Waals surface area contributed by atoms with Crippen LogP contribution in [0, 0.1) is 11.3 Å². The highest BCUT2D eigenvalue weighted by Crippen LogP contribution is 2.25. The summed E-state index contributed by atoms with van der Waals surface area (Å²) in [5, 5.41) is 8.99. The van der Waals surface area contributed by atoms with Gasteiger partial charge in [-0.1, -0.05) is 66.7 Å². The van der Waals surface area contributed by atoms with Gasteiger partial charge < -0.3 is 0 Å². The van der Waals surface area contributed by atoms with Gasteiger partial charge in [0.15, 0.2) is 5.78 Å². The number of hydrogen-bond donors (Lipinski definition) is 0. The number of nitriles is 1. The van der Waals surface area contributed by atoms with Crippen molar-refractivity contribution < 1.29 is 4.79 Å². The maximum absolute atomic E-state index is 12.8. The smallest absolute Gasteiger partial charge is 0.193 e. The zero-order valence-corrected chi connectivity index (χ0v) is 11.9. The first-order chi connectivity index (χ1) is 10.8. The van der Waals surface area contributed by atoms with Crippen LogP contribution in [-0.4, -0.2) is 5.78 Å². The van der Waals surface area contributed by atoms with Crippen molar-refractivity contribution in [2.24, 2.45) is 0 Å². The van der Waals surface area contributed by atoms with Gasteiger partial charge in [0.2, 0.25) is 0 Å². The molecular formula is C20H13NO. The number of carbonyl (C=O) groups is 1. The predicted molar refractivity (Wildman–Crippen MR) is 86.5 cm³/mol. The molecule has 0 saturated carbocycles. The first-order valence-electron chi connectivity index (χ1n) is 6.99. The van der Waals surface area contributed by atoms with Crippen molar-refractivity contribution in [2.45, 2.75) is 0 Å². The van der Waals surface area contributed by atoms with E-state index in [4.69, 9.17) is 5.26 Å². The Morgan fingerprint density at radius 2 is 1.55 bits per heavy atom. The van der Waals surface area contributed by atoms with Gasteiger partial charge >= 0.3 is 0 Å². The van der Waals surface area contributed by atoms with Crippen molar-refractivity contribution in [3.63, 3.8) is 0 Å². The van der Waals surface area contributed by atoms with Crippen LogP contribution in [0.25, 0.3) is 11.1 Å². The molecule has 0 spiro atoms. The summed E-state index contributed by atoms with van der Waals surface area (Å²) in [5.41, 5.74) is 3.56. The molecule has 0 aliphatic rings. The Kier molecular flexibility index (Phi) is 3.80. The highest BCUT2D eigenvalue weighted by molar-refractivity contribution is 6.13. The zero-order chi connectivity index (χ0) is 15.4. The molecule has 3 rings (SSSR count). The topological polar surface area (TPSA) is 40.9 Å². The third-order valence-corrected chi connectivity index (χ3v) is 3.51. The molecule has 2 heteroatoms. The maximum atomic E-state index is 12.8. The van der Waals surface area contributed by atoms with Crippen LogP contribution in [-0.2, 0) is 0 Å². The van der Waals surface area contributed by atoms with Crippen LogP contribution in [0.1, 0.15) is 21.5 Å². The second-order valence-electron chi connectivity index (χ2n) is 4.93. The van der Waals surface area contributed by atoms with Gasteiger partial charge in [0.1, 0.15) is 0 Å². The SMILES string of the molecule is N#Cc1cccc(C(=O)c2ccccc2-c2ccccc2)c1. The van der Waals surface area contributed by atoms with E-state index in [0.717, 1.165) is 11.1 Å². The number of carbonyl (C=O) groups excluding carboxylic acids is 1. The summed E-state index contributed by atoms with van der Waals surface area (Å²) < 4.78 is 0. The number of hydrogen-bond acceptors (Lipinski definition) is 2. The van der Waals surface area contributed by atoms with E-state index in [-0.39, 0.29) is 5.78 Å². The number of rotatable bonds is 3. The van der Waals surface area contributed by atoms with E-state index in [9.17, 15) is 4.79 Å². The van der Waals surface area contributed by atoms with Gasteiger partial charge in [0.25, 0.3) is 0 Å². The van der Waals surface area contributed by atoms with Crippen molar-refractivity contribution in [2.75, 3.05) is 0 Å². The number of benzene rings is 3. The standard InChI is InChI=1S/C20H13NO/c21-14-15-7-6-10-17(13-15)20(22)19-12-5-4-11-18(19)16-8-2-1-3-9-16/h1-13H. The minimum absolute atomic E-state index is 0.0726. The van der Waals surface area contributed by atoms with Gasteiger partial charge in [-0.05, 0) is 23.3 Å². The van der Waals surface area contributed by atoms with Crippen LogP contribution >= 0.6 is 0 Å². The summed E-state index contributed by atoms with van der Waals surface area (Å²) in [7, 11) is 0. The van der Waals surface area contributed by atoms with Crippen LogP contribution < -0.4 is 0 Å². The lowest BCUT2D eigenvalue weighted by Crippen LogP contribution is -2.03. The molecule has 2 nitrogen and oxygen atoms in total. The highest BCUT2D eigenvalue weighted by atomic mass is 16.1. The van der Waals surface area contributed by atoms with Gasteiger partial charge in [0, 0.05) is 11.1 Å². The third kappa shape index (κ3) is 2.65. The molecule has 3 aromatic rings. The second-order valence-corrected chi connectivity index (χ2v) is 4.93. The van der Waals surface area contributed by atoms with Gasteiger partial charge in [-0.3, -0.25) is 4.79 Å². The van der Waals surface area contributed by atoms with Crippen LogP contribution in [0.5, 0.6) is 0 Å². The molecule has 0 aromatic heterocycles. The van der Waals surface area contributed by atoms with Crippen molar-refractivity contribution >= 4 is 5.78 Å². The van der Waals surface area contributed by atoms with E-state index in [1.54, 1.807) is 24.3 Å². The van der Waals surface area contributed by atoms with E-state index in [1.165, 1.54) is 0 Å². The molecule has 0 radical (unpaired) electrons. The van der Waals surface area contributed by atoms with Crippen LogP contribution in [0.3, 0.4) is 0 Å². The summed E-state index contributed by atoms with van der Waals surface area (Å²) >= 11 is 0. The molecule has 0 aliphatic carbocycles. The Bertz CT molecular complexity index is 860. The van der Waals surface area contributed by atoms with E-state index in [0.29, 0.717) is 16.7 Å². The fourth-order valence-corrected chi connectivity index (χ4v) is 2.44. The Morgan fingerprint density at radius 3 is 2.32 bits per heavy atom. The molecule has 0 aliphatic heterocycles.